The Hall–Kier alpha value is -1.33. The predicted octanol–water partition coefficient (Wildman–Crippen LogP) is 0.203. The summed E-state index contributed by atoms with van der Waals surface area (Å²) >= 11 is 0. The third-order valence-corrected chi connectivity index (χ3v) is 2.22. The van der Waals surface area contributed by atoms with Crippen LogP contribution in [-0.4, -0.2) is 28.6 Å². The van der Waals surface area contributed by atoms with Crippen LogP contribution < -0.4 is 10.8 Å². The van der Waals surface area contributed by atoms with Crippen LogP contribution in [0.2, 0.25) is 0 Å². The number of amides is 1. The molecule has 1 rings (SSSR count). The van der Waals surface area contributed by atoms with E-state index in [1.807, 2.05) is 27.7 Å². The summed E-state index contributed by atoms with van der Waals surface area (Å²) in [4.78, 5) is 12.0. The van der Waals surface area contributed by atoms with Crippen molar-refractivity contribution in [1.82, 2.24) is 5.32 Å². The number of carbonyl (C=O) groups excluding carboxylic acids is 1. The highest BCUT2D eigenvalue weighted by Crippen LogP contribution is 2.06. The molecule has 1 amide bonds. The molecule has 0 atom stereocenters. The molecule has 92 valence electrons. The monoisotopic (exact) mass is 235 g/mol. The van der Waals surface area contributed by atoms with Gasteiger partial charge in [-0.3, -0.25) is 4.79 Å². The molecule has 0 spiro atoms. The van der Waals surface area contributed by atoms with Crippen LogP contribution in [0.4, 0.5) is 0 Å². The fraction of sp³-hybridized carbons (Fsp3) is 0.417. The molecule has 0 radical (unpaired) electrons. The first-order chi connectivity index (χ1) is 7.70. The summed E-state index contributed by atoms with van der Waals surface area (Å²) in [5, 5.41) is 21.2. The van der Waals surface area contributed by atoms with Crippen molar-refractivity contribution in [2.24, 2.45) is 0 Å². The van der Waals surface area contributed by atoms with Gasteiger partial charge in [-0.25, -0.2) is 0 Å². The second-order valence-electron chi connectivity index (χ2n) is 5.17. The fourth-order valence-electron chi connectivity index (χ4n) is 1.50. The van der Waals surface area contributed by atoms with E-state index in [1.165, 1.54) is 0 Å². The Balaban J connectivity index is 3.11. The number of carbonyl (C=O) groups is 1. The van der Waals surface area contributed by atoms with Gasteiger partial charge in [-0.15, -0.1) is 0 Å². The maximum Gasteiger partial charge on any atom is 0.489 e. The fourth-order valence-corrected chi connectivity index (χ4v) is 1.50. The molecule has 0 aliphatic heterocycles. The molecule has 0 unspecified atom stereocenters. The zero-order chi connectivity index (χ0) is 13.2. The van der Waals surface area contributed by atoms with E-state index < -0.39 is 7.12 Å². The predicted molar refractivity (Wildman–Crippen MR) is 68.2 cm³/mol. The Morgan fingerprint density at radius 1 is 1.29 bits per heavy atom. The Morgan fingerprint density at radius 2 is 1.88 bits per heavy atom. The van der Waals surface area contributed by atoms with Crippen molar-refractivity contribution in [3.63, 3.8) is 0 Å². The molecular formula is C12H18BNO3. The summed E-state index contributed by atoms with van der Waals surface area (Å²) in [6.07, 6.45) is 0. The van der Waals surface area contributed by atoms with E-state index in [2.05, 4.69) is 5.32 Å². The Bertz CT molecular complexity index is 424. The number of hydrogen-bond acceptors (Lipinski definition) is 3. The summed E-state index contributed by atoms with van der Waals surface area (Å²) in [7, 11) is -1.64. The Kier molecular flexibility index (Phi) is 3.96. The number of nitrogens with one attached hydrogen (secondary N) is 1. The average molecular weight is 235 g/mol. The van der Waals surface area contributed by atoms with Gasteiger partial charge in [-0.1, -0.05) is 17.7 Å². The standard InChI is InChI=1S/C12H18BNO3/c1-8-5-6-10(13(16)17)9(7-8)11(15)14-12(2,3)4/h5-7,16-17H,1-4H3,(H,14,15). The first kappa shape index (κ1) is 13.7. The van der Waals surface area contributed by atoms with Gasteiger partial charge < -0.3 is 15.4 Å². The average Bonchev–Trinajstić information content (AvgIpc) is 2.14. The first-order valence-electron chi connectivity index (χ1n) is 5.50. The molecule has 1 aromatic carbocycles. The molecular weight excluding hydrogens is 217 g/mol. The molecule has 3 N–H and O–H groups in total. The summed E-state index contributed by atoms with van der Waals surface area (Å²) in [6, 6.07) is 4.94. The summed E-state index contributed by atoms with van der Waals surface area (Å²) in [5.74, 6) is -0.302. The summed E-state index contributed by atoms with van der Waals surface area (Å²) in [6.45, 7) is 7.46. The van der Waals surface area contributed by atoms with Gasteiger partial charge in [-0.2, -0.15) is 0 Å². The lowest BCUT2D eigenvalue weighted by Crippen LogP contribution is -2.44. The van der Waals surface area contributed by atoms with Crippen molar-refractivity contribution in [2.45, 2.75) is 33.2 Å². The molecule has 5 heteroatoms. The Labute approximate surface area is 102 Å². The third-order valence-electron chi connectivity index (χ3n) is 2.22. The molecule has 0 aliphatic carbocycles. The Morgan fingerprint density at radius 3 is 2.35 bits per heavy atom. The molecule has 0 heterocycles. The zero-order valence-electron chi connectivity index (χ0n) is 10.6. The molecule has 1 aromatic rings. The maximum atomic E-state index is 12.0. The lowest BCUT2D eigenvalue weighted by molar-refractivity contribution is 0.0920. The smallest absolute Gasteiger partial charge is 0.423 e. The molecule has 0 saturated carbocycles. The number of hydrogen-bond donors (Lipinski definition) is 3. The molecule has 0 bridgehead atoms. The van der Waals surface area contributed by atoms with E-state index in [0.717, 1.165) is 5.56 Å². The first-order valence-corrected chi connectivity index (χ1v) is 5.50. The van der Waals surface area contributed by atoms with Crippen LogP contribution in [-0.2, 0) is 0 Å². The van der Waals surface area contributed by atoms with Gasteiger partial charge in [0.2, 0.25) is 0 Å². The van der Waals surface area contributed by atoms with Crippen molar-refractivity contribution in [1.29, 1.82) is 0 Å². The minimum atomic E-state index is -1.64. The van der Waals surface area contributed by atoms with E-state index in [4.69, 9.17) is 0 Å². The quantitative estimate of drug-likeness (QED) is 0.641. The van der Waals surface area contributed by atoms with E-state index in [0.29, 0.717) is 5.56 Å². The molecule has 0 aliphatic rings. The normalized spacial score (nSPS) is 11.2. The topological polar surface area (TPSA) is 69.6 Å². The summed E-state index contributed by atoms with van der Waals surface area (Å²) < 4.78 is 0. The largest absolute Gasteiger partial charge is 0.489 e. The highest BCUT2D eigenvalue weighted by atomic mass is 16.4. The molecule has 0 fully saturated rings. The van der Waals surface area contributed by atoms with Gasteiger partial charge in [-0.05, 0) is 39.2 Å². The minimum absolute atomic E-state index is 0.220. The zero-order valence-corrected chi connectivity index (χ0v) is 10.6. The van der Waals surface area contributed by atoms with Crippen molar-refractivity contribution < 1.29 is 14.8 Å². The van der Waals surface area contributed by atoms with Crippen LogP contribution >= 0.6 is 0 Å². The van der Waals surface area contributed by atoms with Gasteiger partial charge in [0.25, 0.3) is 5.91 Å². The van der Waals surface area contributed by atoms with Gasteiger partial charge >= 0.3 is 7.12 Å². The van der Waals surface area contributed by atoms with Crippen molar-refractivity contribution >= 4 is 18.5 Å². The molecule has 0 saturated heterocycles. The SMILES string of the molecule is Cc1ccc(B(O)O)c(C(=O)NC(C)(C)C)c1. The lowest BCUT2D eigenvalue weighted by Gasteiger charge is -2.21. The molecule has 17 heavy (non-hydrogen) atoms. The molecule has 4 nitrogen and oxygen atoms in total. The van der Waals surface area contributed by atoms with E-state index in [9.17, 15) is 14.8 Å². The second-order valence-corrected chi connectivity index (χ2v) is 5.17. The van der Waals surface area contributed by atoms with Gasteiger partial charge in [0.1, 0.15) is 0 Å². The molecule has 0 aromatic heterocycles. The highest BCUT2D eigenvalue weighted by molar-refractivity contribution is 6.60. The van der Waals surface area contributed by atoms with Gasteiger partial charge in [0.05, 0.1) is 0 Å². The maximum absolute atomic E-state index is 12.0. The van der Waals surface area contributed by atoms with Crippen molar-refractivity contribution in [3.8, 4) is 0 Å². The van der Waals surface area contributed by atoms with Crippen LogP contribution in [0.15, 0.2) is 18.2 Å². The van der Waals surface area contributed by atoms with Crippen LogP contribution in [0.5, 0.6) is 0 Å². The van der Waals surface area contributed by atoms with Crippen molar-refractivity contribution in [2.75, 3.05) is 0 Å². The van der Waals surface area contributed by atoms with Gasteiger partial charge in [0, 0.05) is 11.1 Å². The van der Waals surface area contributed by atoms with E-state index >= 15 is 0 Å². The lowest BCUT2D eigenvalue weighted by atomic mass is 9.76. The number of rotatable bonds is 2. The summed E-state index contributed by atoms with van der Waals surface area (Å²) in [5.41, 5.74) is 1.05. The van der Waals surface area contributed by atoms with E-state index in [1.54, 1.807) is 18.2 Å². The van der Waals surface area contributed by atoms with Crippen LogP contribution in [0.1, 0.15) is 36.7 Å². The number of aryl methyl sites for hydroxylation is 1. The van der Waals surface area contributed by atoms with Crippen LogP contribution in [0.25, 0.3) is 0 Å². The minimum Gasteiger partial charge on any atom is -0.423 e. The number of benzene rings is 1. The second kappa shape index (κ2) is 4.90. The highest BCUT2D eigenvalue weighted by Gasteiger charge is 2.23. The third kappa shape index (κ3) is 3.87. The van der Waals surface area contributed by atoms with Gasteiger partial charge in [0.15, 0.2) is 0 Å². The van der Waals surface area contributed by atoms with E-state index in [-0.39, 0.29) is 16.9 Å². The van der Waals surface area contributed by atoms with Crippen molar-refractivity contribution in [3.05, 3.63) is 29.3 Å². The van der Waals surface area contributed by atoms with Crippen LogP contribution in [0.3, 0.4) is 0 Å². The van der Waals surface area contributed by atoms with Crippen LogP contribution in [0, 0.1) is 6.92 Å².